The Morgan fingerprint density at radius 3 is 2.67 bits per heavy atom. The summed E-state index contributed by atoms with van der Waals surface area (Å²) in [7, 11) is 0. The lowest BCUT2D eigenvalue weighted by atomic mass is 10.1. The second-order valence-electron chi connectivity index (χ2n) is 4.58. The van der Waals surface area contributed by atoms with E-state index in [1.54, 1.807) is 0 Å². The number of halogens is 4. The van der Waals surface area contributed by atoms with Gasteiger partial charge in [-0.15, -0.1) is 0 Å². The third kappa shape index (κ3) is 3.75. The Hall–Kier alpha value is -1.57. The van der Waals surface area contributed by atoms with Crippen LogP contribution in [0.1, 0.15) is 22.3 Å². The van der Waals surface area contributed by atoms with Crippen molar-refractivity contribution < 1.29 is 22.8 Å². The molecule has 0 saturated carbocycles. The minimum Gasteiger partial charge on any atom is -0.354 e. The molecule has 1 heterocycles. The van der Waals surface area contributed by atoms with Crippen LogP contribution in [-0.4, -0.2) is 36.3 Å². The second kappa shape index (κ2) is 6.05. The quantitative estimate of drug-likeness (QED) is 0.831. The van der Waals surface area contributed by atoms with Crippen molar-refractivity contribution in [2.24, 2.45) is 0 Å². The monoisotopic (exact) mass is 364 g/mol. The van der Waals surface area contributed by atoms with Crippen LogP contribution in [0.5, 0.6) is 0 Å². The predicted octanol–water partition coefficient (Wildman–Crippen LogP) is 2.43. The van der Waals surface area contributed by atoms with Crippen molar-refractivity contribution >= 4 is 27.7 Å². The average Bonchev–Trinajstić information content (AvgIpc) is 2.62. The number of nitrogens with zero attached hydrogens (tertiary/aromatic N) is 1. The summed E-state index contributed by atoms with van der Waals surface area (Å²) >= 11 is 2.83. The molecule has 21 heavy (non-hydrogen) atoms. The molecule has 0 aromatic heterocycles. The van der Waals surface area contributed by atoms with E-state index in [-0.39, 0.29) is 35.5 Å². The van der Waals surface area contributed by atoms with Crippen LogP contribution in [0.3, 0.4) is 0 Å². The summed E-state index contributed by atoms with van der Waals surface area (Å²) in [4.78, 5) is 24.8. The lowest BCUT2D eigenvalue weighted by Gasteiger charge is -2.20. The van der Waals surface area contributed by atoms with Crippen LogP contribution in [0, 0.1) is 0 Å². The van der Waals surface area contributed by atoms with Gasteiger partial charge in [0.1, 0.15) is 0 Å². The number of nitrogens with one attached hydrogen (secondary N) is 1. The molecule has 0 atom stereocenters. The smallest absolute Gasteiger partial charge is 0.354 e. The van der Waals surface area contributed by atoms with E-state index in [2.05, 4.69) is 21.2 Å². The molecule has 1 aromatic rings. The molecule has 0 spiro atoms. The van der Waals surface area contributed by atoms with E-state index in [1.165, 1.54) is 17.0 Å². The highest BCUT2D eigenvalue weighted by Gasteiger charge is 2.34. The van der Waals surface area contributed by atoms with Crippen LogP contribution < -0.4 is 5.32 Å². The number of hydrogen-bond acceptors (Lipinski definition) is 2. The van der Waals surface area contributed by atoms with Gasteiger partial charge in [-0.25, -0.2) is 0 Å². The fourth-order valence-electron chi connectivity index (χ4n) is 2.03. The zero-order valence-electron chi connectivity index (χ0n) is 10.8. The third-order valence-corrected chi connectivity index (χ3v) is 3.81. The summed E-state index contributed by atoms with van der Waals surface area (Å²) in [5.41, 5.74) is -0.933. The molecular formula is C13H12BrF3N2O2. The van der Waals surface area contributed by atoms with Crippen molar-refractivity contribution in [3.8, 4) is 0 Å². The molecular weight excluding hydrogens is 353 g/mol. The van der Waals surface area contributed by atoms with Gasteiger partial charge < -0.3 is 10.2 Å². The normalized spacial score (nSPS) is 16.4. The van der Waals surface area contributed by atoms with E-state index >= 15 is 0 Å². The van der Waals surface area contributed by atoms with Crippen LogP contribution in [0.2, 0.25) is 0 Å². The van der Waals surface area contributed by atoms with E-state index in [4.69, 9.17) is 0 Å². The maximum absolute atomic E-state index is 12.8. The van der Waals surface area contributed by atoms with Gasteiger partial charge in [0.2, 0.25) is 5.91 Å². The van der Waals surface area contributed by atoms with E-state index < -0.39 is 17.6 Å². The highest BCUT2D eigenvalue weighted by molar-refractivity contribution is 9.10. The van der Waals surface area contributed by atoms with Gasteiger partial charge in [-0.1, -0.05) is 15.9 Å². The SMILES string of the molecule is O=C1CCN(C(=O)c2ccc(Br)c(C(F)(F)F)c2)CCN1. The van der Waals surface area contributed by atoms with E-state index in [0.29, 0.717) is 6.54 Å². The number of hydrogen-bond donors (Lipinski definition) is 1. The van der Waals surface area contributed by atoms with Crippen LogP contribution in [0.25, 0.3) is 0 Å². The molecule has 0 aliphatic carbocycles. The number of benzene rings is 1. The molecule has 0 bridgehead atoms. The number of amides is 2. The molecule has 1 fully saturated rings. The van der Waals surface area contributed by atoms with Gasteiger partial charge in [-0.05, 0) is 18.2 Å². The first-order chi connectivity index (χ1) is 9.79. The van der Waals surface area contributed by atoms with Crippen LogP contribution in [0.4, 0.5) is 13.2 Å². The fourth-order valence-corrected chi connectivity index (χ4v) is 2.50. The van der Waals surface area contributed by atoms with Crippen molar-refractivity contribution in [3.63, 3.8) is 0 Å². The number of carbonyl (C=O) groups is 2. The minimum absolute atomic E-state index is 0.0418. The van der Waals surface area contributed by atoms with Gasteiger partial charge in [0.25, 0.3) is 5.91 Å². The maximum Gasteiger partial charge on any atom is 0.417 e. The van der Waals surface area contributed by atoms with Gasteiger partial charge in [-0.3, -0.25) is 9.59 Å². The summed E-state index contributed by atoms with van der Waals surface area (Å²) in [6.45, 7) is 0.775. The van der Waals surface area contributed by atoms with Crippen LogP contribution in [0.15, 0.2) is 22.7 Å². The largest absolute Gasteiger partial charge is 0.417 e. The zero-order chi connectivity index (χ0) is 15.6. The lowest BCUT2D eigenvalue weighted by Crippen LogP contribution is -2.34. The Bertz CT molecular complexity index is 575. The molecule has 2 rings (SSSR count). The zero-order valence-corrected chi connectivity index (χ0v) is 12.4. The molecule has 1 saturated heterocycles. The van der Waals surface area contributed by atoms with Gasteiger partial charge in [-0.2, -0.15) is 13.2 Å². The predicted molar refractivity (Wildman–Crippen MR) is 72.7 cm³/mol. The molecule has 1 aliphatic heterocycles. The van der Waals surface area contributed by atoms with Gasteiger partial charge in [0.15, 0.2) is 0 Å². The Balaban J connectivity index is 2.25. The summed E-state index contributed by atoms with van der Waals surface area (Å²) < 4.78 is 38.4. The first kappa shape index (κ1) is 15.8. The van der Waals surface area contributed by atoms with Crippen molar-refractivity contribution in [2.75, 3.05) is 19.6 Å². The Morgan fingerprint density at radius 1 is 1.29 bits per heavy atom. The molecule has 1 aromatic carbocycles. The van der Waals surface area contributed by atoms with E-state index in [9.17, 15) is 22.8 Å². The van der Waals surface area contributed by atoms with Crippen LogP contribution >= 0.6 is 15.9 Å². The van der Waals surface area contributed by atoms with Crippen molar-refractivity contribution in [1.82, 2.24) is 10.2 Å². The Morgan fingerprint density at radius 2 is 2.00 bits per heavy atom. The topological polar surface area (TPSA) is 49.4 Å². The van der Waals surface area contributed by atoms with E-state index in [0.717, 1.165) is 6.07 Å². The Kier molecular flexibility index (Phi) is 4.55. The standard InChI is InChI=1S/C13H12BrF3N2O2/c14-10-2-1-8(7-9(10)13(15,16)17)12(21)19-5-3-11(20)18-4-6-19/h1-2,7H,3-6H2,(H,18,20). The van der Waals surface area contributed by atoms with Gasteiger partial charge >= 0.3 is 6.18 Å². The highest BCUT2D eigenvalue weighted by atomic mass is 79.9. The van der Waals surface area contributed by atoms with E-state index in [1.807, 2.05) is 0 Å². The minimum atomic E-state index is -4.54. The molecule has 0 unspecified atom stereocenters. The summed E-state index contributed by atoms with van der Waals surface area (Å²) in [6.07, 6.45) is -4.39. The summed E-state index contributed by atoms with van der Waals surface area (Å²) in [5.74, 6) is -0.679. The first-order valence-electron chi connectivity index (χ1n) is 6.22. The van der Waals surface area contributed by atoms with Crippen molar-refractivity contribution in [3.05, 3.63) is 33.8 Å². The second-order valence-corrected chi connectivity index (χ2v) is 5.44. The molecule has 1 N–H and O–H groups in total. The molecule has 114 valence electrons. The third-order valence-electron chi connectivity index (χ3n) is 3.12. The molecule has 1 aliphatic rings. The number of alkyl halides is 3. The van der Waals surface area contributed by atoms with Gasteiger partial charge in [0, 0.05) is 36.1 Å². The number of rotatable bonds is 1. The Labute approximate surface area is 127 Å². The lowest BCUT2D eigenvalue weighted by molar-refractivity contribution is -0.138. The summed E-state index contributed by atoms with van der Waals surface area (Å²) in [6, 6.07) is 3.37. The molecule has 4 nitrogen and oxygen atoms in total. The van der Waals surface area contributed by atoms with Gasteiger partial charge in [0.05, 0.1) is 5.56 Å². The van der Waals surface area contributed by atoms with Crippen molar-refractivity contribution in [1.29, 1.82) is 0 Å². The fraction of sp³-hybridized carbons (Fsp3) is 0.385. The van der Waals surface area contributed by atoms with Crippen molar-refractivity contribution in [2.45, 2.75) is 12.6 Å². The highest BCUT2D eigenvalue weighted by Crippen LogP contribution is 2.35. The molecule has 0 radical (unpaired) electrons. The molecule has 8 heteroatoms. The summed E-state index contributed by atoms with van der Waals surface area (Å²) in [5, 5.41) is 2.61. The van der Waals surface area contributed by atoms with Crippen LogP contribution in [-0.2, 0) is 11.0 Å². The maximum atomic E-state index is 12.8. The molecule has 2 amide bonds. The first-order valence-corrected chi connectivity index (χ1v) is 7.01. The average molecular weight is 365 g/mol. The number of carbonyl (C=O) groups excluding carboxylic acids is 2.